The summed E-state index contributed by atoms with van der Waals surface area (Å²) >= 11 is 0. The van der Waals surface area contributed by atoms with Gasteiger partial charge in [0.15, 0.2) is 5.65 Å². The molecule has 2 aliphatic rings. The van der Waals surface area contributed by atoms with Crippen molar-refractivity contribution in [2.24, 2.45) is 5.41 Å². The van der Waals surface area contributed by atoms with E-state index in [9.17, 15) is 36.8 Å². The molecule has 0 radical (unpaired) electrons. The third-order valence-corrected chi connectivity index (χ3v) is 11.3. The Morgan fingerprint density at radius 2 is 1.90 bits per heavy atom. The number of aliphatic carboxylic acids is 1. The molecule has 2 aliphatic heterocycles. The molecule has 48 heavy (non-hydrogen) atoms. The van der Waals surface area contributed by atoms with Crippen molar-refractivity contribution < 1.29 is 31.5 Å². The van der Waals surface area contributed by atoms with E-state index < -0.39 is 39.3 Å². The average Bonchev–Trinajstić information content (AvgIpc) is 3.46. The van der Waals surface area contributed by atoms with Crippen LogP contribution in [0.2, 0.25) is 0 Å². The first kappa shape index (κ1) is 33.3. The number of hydrogen-bond acceptors (Lipinski definition) is 9. The molecule has 0 aromatic carbocycles. The van der Waals surface area contributed by atoms with Gasteiger partial charge in [-0.3, -0.25) is 14.2 Å². The number of fused-ring (bicyclic) bond motifs is 4. The molecule has 1 saturated heterocycles. The molecule has 1 N–H and O–H groups in total. The van der Waals surface area contributed by atoms with E-state index in [1.54, 1.807) is 19.9 Å². The number of anilines is 1. The number of halogens is 3. The van der Waals surface area contributed by atoms with Gasteiger partial charge in [-0.15, -0.1) is 10.2 Å². The molecule has 1 fully saturated rings. The Kier molecular flexibility index (Phi) is 8.19. The summed E-state index contributed by atoms with van der Waals surface area (Å²) in [7, 11) is -4.15. The van der Waals surface area contributed by atoms with Gasteiger partial charge in [-0.1, -0.05) is 6.07 Å². The predicted molar refractivity (Wildman–Crippen MR) is 166 cm³/mol. The second-order valence-corrected chi connectivity index (χ2v) is 14.8. The van der Waals surface area contributed by atoms with Gasteiger partial charge in [-0.25, -0.2) is 13.4 Å². The number of piperidine rings is 1. The minimum atomic E-state index is -4.75. The summed E-state index contributed by atoms with van der Waals surface area (Å²) in [4.78, 5) is 23.6. The molecule has 4 aromatic heterocycles. The number of aromatic nitrogens is 5. The van der Waals surface area contributed by atoms with Crippen LogP contribution in [0.1, 0.15) is 78.4 Å². The first-order valence-corrected chi connectivity index (χ1v) is 16.8. The van der Waals surface area contributed by atoms with Crippen molar-refractivity contribution in [3.63, 3.8) is 0 Å². The largest absolute Gasteiger partial charge is 0.481 e. The highest BCUT2D eigenvalue weighted by atomic mass is 32.2. The van der Waals surface area contributed by atoms with E-state index in [0.29, 0.717) is 40.3 Å². The number of hydrogen-bond donors (Lipinski definition) is 1. The normalized spacial score (nSPS) is 18.9. The summed E-state index contributed by atoms with van der Waals surface area (Å²) in [5.41, 5.74) is 0.777. The van der Waals surface area contributed by atoms with Crippen LogP contribution < -0.4 is 4.90 Å². The quantitative estimate of drug-likeness (QED) is 0.299. The Bertz CT molecular complexity index is 2090. The fraction of sp³-hybridized carbons (Fsp3) is 0.438. The minimum absolute atomic E-state index is 0.0481. The van der Waals surface area contributed by atoms with E-state index in [1.807, 2.05) is 11.0 Å². The second kappa shape index (κ2) is 11.8. The van der Waals surface area contributed by atoms with Gasteiger partial charge in [0.2, 0.25) is 15.8 Å². The number of carboxylic acid groups (broad SMARTS) is 1. The number of carbonyl (C=O) groups is 1. The molecular formula is C32H33F3N8O4S. The first-order chi connectivity index (χ1) is 22.5. The predicted octanol–water partition coefficient (Wildman–Crippen LogP) is 4.83. The third-order valence-electron chi connectivity index (χ3n) is 9.49. The summed E-state index contributed by atoms with van der Waals surface area (Å²) in [5.74, 6) is -2.96. The zero-order chi connectivity index (χ0) is 34.8. The minimum Gasteiger partial charge on any atom is -0.481 e. The van der Waals surface area contributed by atoms with Crippen LogP contribution >= 0.6 is 0 Å². The van der Waals surface area contributed by atoms with Crippen LogP contribution in [0.3, 0.4) is 0 Å². The highest BCUT2D eigenvalue weighted by molar-refractivity contribution is 7.89. The van der Waals surface area contributed by atoms with Gasteiger partial charge in [0.05, 0.1) is 11.0 Å². The van der Waals surface area contributed by atoms with Crippen LogP contribution in [0, 0.1) is 30.6 Å². The SMILES string of the molecule is Cc1ncc([C@@H](c2ccn3c(C(F)(F)F)nnc3c2C)C(C)(C)C(=O)O)cc1CN1C[C@H]2CCCCN2c2ncc(C#N)cc2S1(=O)=O. The molecule has 6 heterocycles. The molecule has 0 unspecified atom stereocenters. The standard InChI is InChI=1S/C32H33F3N8O4S/c1-18-24(8-10-43-27(18)39-40-29(43)32(33,34)35)26(31(3,4)30(44)45)21-12-22(19(2)37-15-21)16-41-17-23-7-5-6-9-42(23)28-25(48(41,46)47)11-20(13-36)14-38-28/h8,10-12,14-15,23,26H,5-7,9,16-17H2,1-4H3,(H,44,45)/t23-,26+/m1/s1. The topological polar surface area (TPSA) is 158 Å². The number of rotatable bonds is 6. The summed E-state index contributed by atoms with van der Waals surface area (Å²) in [6.45, 7) is 7.02. The summed E-state index contributed by atoms with van der Waals surface area (Å²) < 4.78 is 71.4. The second-order valence-electron chi connectivity index (χ2n) is 12.9. The van der Waals surface area contributed by atoms with E-state index in [4.69, 9.17) is 0 Å². The number of pyridine rings is 3. The lowest BCUT2D eigenvalue weighted by Crippen LogP contribution is -2.45. The number of carboxylic acids is 1. The molecule has 0 amide bonds. The number of aryl methyl sites for hydroxylation is 2. The summed E-state index contributed by atoms with van der Waals surface area (Å²) in [6, 6.07) is 6.33. The molecule has 0 spiro atoms. The molecule has 6 rings (SSSR count). The Balaban J connectivity index is 1.46. The van der Waals surface area contributed by atoms with Crippen molar-refractivity contribution in [2.75, 3.05) is 18.0 Å². The molecule has 2 atom stereocenters. The number of nitriles is 1. The van der Waals surface area contributed by atoms with Crippen LogP contribution in [0.15, 0.2) is 41.7 Å². The third kappa shape index (κ3) is 5.54. The van der Waals surface area contributed by atoms with Crippen molar-refractivity contribution in [3.05, 3.63) is 76.1 Å². The average molecular weight is 683 g/mol. The van der Waals surface area contributed by atoms with Crippen LogP contribution in [-0.4, -0.2) is 67.5 Å². The smallest absolute Gasteiger partial charge is 0.452 e. The van der Waals surface area contributed by atoms with E-state index in [2.05, 4.69) is 20.2 Å². The molecule has 252 valence electrons. The monoisotopic (exact) mass is 682 g/mol. The van der Waals surface area contributed by atoms with Crippen LogP contribution in [-0.2, 0) is 27.5 Å². The Morgan fingerprint density at radius 1 is 1.15 bits per heavy atom. The molecule has 16 heteroatoms. The van der Waals surface area contributed by atoms with Gasteiger partial charge in [-0.05, 0) is 81.3 Å². The molecule has 0 aliphatic carbocycles. The molecule has 0 saturated carbocycles. The van der Waals surface area contributed by atoms with E-state index in [-0.39, 0.29) is 35.2 Å². The lowest BCUT2D eigenvalue weighted by atomic mass is 9.70. The summed E-state index contributed by atoms with van der Waals surface area (Å²) in [6.07, 6.45) is 1.86. The van der Waals surface area contributed by atoms with Gasteiger partial charge < -0.3 is 10.0 Å². The Morgan fingerprint density at radius 3 is 2.58 bits per heavy atom. The fourth-order valence-corrected chi connectivity index (χ4v) is 8.44. The molecular weight excluding hydrogens is 649 g/mol. The molecule has 0 bridgehead atoms. The number of alkyl halides is 3. The summed E-state index contributed by atoms with van der Waals surface area (Å²) in [5, 5.41) is 27.0. The maximum Gasteiger partial charge on any atom is 0.452 e. The number of sulfonamides is 1. The highest BCUT2D eigenvalue weighted by Crippen LogP contribution is 2.44. The Labute approximate surface area is 274 Å². The maximum absolute atomic E-state index is 14.2. The first-order valence-electron chi connectivity index (χ1n) is 15.3. The lowest BCUT2D eigenvalue weighted by molar-refractivity contribution is -0.147. The molecule has 12 nitrogen and oxygen atoms in total. The lowest BCUT2D eigenvalue weighted by Gasteiger charge is -2.36. The zero-order valence-electron chi connectivity index (χ0n) is 26.7. The van der Waals surface area contributed by atoms with Gasteiger partial charge in [0, 0.05) is 55.9 Å². The van der Waals surface area contributed by atoms with Crippen molar-refractivity contribution in [1.29, 1.82) is 5.26 Å². The molecule has 4 aromatic rings. The van der Waals surface area contributed by atoms with Crippen LogP contribution in [0.4, 0.5) is 19.0 Å². The van der Waals surface area contributed by atoms with Crippen molar-refractivity contribution in [3.8, 4) is 6.07 Å². The highest BCUT2D eigenvalue weighted by Gasteiger charge is 2.43. The van der Waals surface area contributed by atoms with Crippen LogP contribution in [0.25, 0.3) is 5.65 Å². The van der Waals surface area contributed by atoms with E-state index in [1.165, 1.54) is 48.9 Å². The van der Waals surface area contributed by atoms with Crippen LogP contribution in [0.5, 0.6) is 0 Å². The van der Waals surface area contributed by atoms with Gasteiger partial charge in [0.25, 0.3) is 0 Å². The maximum atomic E-state index is 14.2. The number of nitrogens with zero attached hydrogens (tertiary/aromatic N) is 8. The van der Waals surface area contributed by atoms with E-state index >= 15 is 0 Å². The van der Waals surface area contributed by atoms with E-state index in [0.717, 1.165) is 23.7 Å². The van der Waals surface area contributed by atoms with Gasteiger partial charge in [0.1, 0.15) is 16.8 Å². The van der Waals surface area contributed by atoms with Crippen molar-refractivity contribution in [2.45, 2.75) is 76.5 Å². The Hall–Kier alpha value is -4.62. The van der Waals surface area contributed by atoms with Gasteiger partial charge in [-0.2, -0.15) is 22.7 Å². The van der Waals surface area contributed by atoms with Crippen molar-refractivity contribution >= 4 is 27.5 Å². The van der Waals surface area contributed by atoms with Gasteiger partial charge >= 0.3 is 12.1 Å². The fourth-order valence-electron chi connectivity index (χ4n) is 6.81. The zero-order valence-corrected chi connectivity index (χ0v) is 27.5. The van der Waals surface area contributed by atoms with Crippen molar-refractivity contribution in [1.82, 2.24) is 28.9 Å².